The summed E-state index contributed by atoms with van der Waals surface area (Å²) in [5.74, 6) is 0.608. The summed E-state index contributed by atoms with van der Waals surface area (Å²) in [5.41, 5.74) is 6.57. The number of fused-ring (bicyclic) bond motifs is 1. The van der Waals surface area contributed by atoms with Gasteiger partial charge in [0.1, 0.15) is 24.2 Å². The van der Waals surface area contributed by atoms with Crippen molar-refractivity contribution in [2.45, 2.75) is 36.7 Å². The Bertz CT molecular complexity index is 1260. The molecule has 0 aliphatic carbocycles. The Morgan fingerprint density at radius 3 is 2.55 bits per heavy atom. The van der Waals surface area contributed by atoms with Gasteiger partial charge in [0.25, 0.3) is 0 Å². The zero-order valence-electron chi connectivity index (χ0n) is 20.9. The minimum absolute atomic E-state index is 0.0168. The molecule has 2 heterocycles. The zero-order chi connectivity index (χ0) is 27.3. The first-order valence-corrected chi connectivity index (χ1v) is 13.9. The number of benzene rings is 2. The van der Waals surface area contributed by atoms with Crippen LogP contribution in [-0.2, 0) is 21.2 Å². The van der Waals surface area contributed by atoms with Crippen LogP contribution in [0.4, 0.5) is 16.2 Å². The number of amides is 3. The van der Waals surface area contributed by atoms with Gasteiger partial charge in [-0.05, 0) is 68.1 Å². The Morgan fingerprint density at radius 2 is 1.87 bits per heavy atom. The molecule has 13 heteroatoms. The number of aliphatic hydroxyl groups is 1. The molecule has 2 aliphatic heterocycles. The number of anilines is 2. The van der Waals surface area contributed by atoms with Gasteiger partial charge in [0, 0.05) is 37.3 Å². The van der Waals surface area contributed by atoms with Crippen LogP contribution in [0.5, 0.6) is 11.5 Å². The quantitative estimate of drug-likeness (QED) is 0.240. The molecule has 2 aromatic carbocycles. The van der Waals surface area contributed by atoms with Crippen LogP contribution in [0, 0.1) is 5.92 Å². The van der Waals surface area contributed by atoms with Crippen molar-refractivity contribution in [1.29, 1.82) is 0 Å². The lowest BCUT2D eigenvalue weighted by atomic mass is 9.98. The van der Waals surface area contributed by atoms with E-state index in [9.17, 15) is 28.2 Å². The molecule has 0 radical (unpaired) electrons. The number of phenolic OH excluding ortho intramolecular Hbond substituents is 1. The van der Waals surface area contributed by atoms with Crippen LogP contribution in [0.1, 0.15) is 24.8 Å². The molecule has 0 aromatic heterocycles. The first-order chi connectivity index (χ1) is 18.1. The fourth-order valence-corrected chi connectivity index (χ4v) is 6.10. The average Bonchev–Trinajstić information content (AvgIpc) is 2.89. The molecule has 0 spiro atoms. The number of urea groups is 1. The lowest BCUT2D eigenvalue weighted by molar-refractivity contribution is -0.116. The van der Waals surface area contributed by atoms with E-state index in [4.69, 9.17) is 10.5 Å². The van der Waals surface area contributed by atoms with E-state index in [1.165, 1.54) is 34.6 Å². The van der Waals surface area contributed by atoms with E-state index in [0.717, 1.165) is 0 Å². The van der Waals surface area contributed by atoms with Gasteiger partial charge in [0.15, 0.2) is 0 Å². The topological polar surface area (TPSA) is 183 Å². The standard InChI is InChI=1S/C25H33N5O7S/c26-25(34)28-17-1-3-19(4-2-17)38(35,36)30-11-9-16(10-12-30)13-27-14-18(31)15-37-22-7-6-21(32)24-20(22)5-8-23(33)29-24/h1-4,6-7,16,18,27,31-32H,5,8-15H2,(H,29,33)(H3,26,28,34)/t18-/m0/s1. The molecule has 2 aromatic rings. The van der Waals surface area contributed by atoms with E-state index in [-0.39, 0.29) is 29.1 Å². The monoisotopic (exact) mass is 547 g/mol. The number of rotatable bonds is 10. The first-order valence-electron chi connectivity index (χ1n) is 12.5. The number of nitrogens with one attached hydrogen (secondary N) is 3. The normalized spacial score (nSPS) is 17.3. The number of aromatic hydroxyl groups is 1. The molecule has 206 valence electrons. The Kier molecular flexibility index (Phi) is 8.72. The second-order valence-electron chi connectivity index (χ2n) is 9.47. The number of primary amides is 1. The minimum Gasteiger partial charge on any atom is -0.506 e. The fraction of sp³-hybridized carbons (Fsp3) is 0.440. The van der Waals surface area contributed by atoms with Crippen LogP contribution in [0.15, 0.2) is 41.3 Å². The molecule has 0 unspecified atom stereocenters. The van der Waals surface area contributed by atoms with Gasteiger partial charge in [-0.15, -0.1) is 0 Å². The smallest absolute Gasteiger partial charge is 0.316 e. The number of aliphatic hydroxyl groups excluding tert-OH is 1. The SMILES string of the molecule is NC(=O)Nc1ccc(S(=O)(=O)N2CCC(CNC[C@H](O)COc3ccc(O)c4c3CCC(=O)N4)CC2)cc1. The van der Waals surface area contributed by atoms with Crippen molar-refractivity contribution in [2.24, 2.45) is 11.7 Å². The fourth-order valence-electron chi connectivity index (χ4n) is 4.63. The highest BCUT2D eigenvalue weighted by molar-refractivity contribution is 7.89. The maximum atomic E-state index is 13.0. The Hall–Kier alpha value is -3.39. The molecular weight excluding hydrogens is 514 g/mol. The van der Waals surface area contributed by atoms with Gasteiger partial charge in [0.2, 0.25) is 15.9 Å². The number of carbonyl (C=O) groups excluding carboxylic acids is 2. The predicted molar refractivity (Wildman–Crippen MR) is 141 cm³/mol. The Labute approximate surface area is 221 Å². The highest BCUT2D eigenvalue weighted by atomic mass is 32.2. The van der Waals surface area contributed by atoms with Gasteiger partial charge in [-0.3, -0.25) is 4.79 Å². The molecule has 0 bridgehead atoms. The van der Waals surface area contributed by atoms with Crippen molar-refractivity contribution in [3.63, 3.8) is 0 Å². The lowest BCUT2D eigenvalue weighted by Crippen LogP contribution is -2.42. The van der Waals surface area contributed by atoms with Crippen molar-refractivity contribution >= 4 is 33.3 Å². The van der Waals surface area contributed by atoms with Crippen molar-refractivity contribution in [3.8, 4) is 11.5 Å². The third-order valence-electron chi connectivity index (χ3n) is 6.69. The maximum Gasteiger partial charge on any atom is 0.316 e. The van der Waals surface area contributed by atoms with E-state index in [2.05, 4.69) is 16.0 Å². The molecule has 7 N–H and O–H groups in total. The summed E-state index contributed by atoms with van der Waals surface area (Å²) in [4.78, 5) is 22.7. The summed E-state index contributed by atoms with van der Waals surface area (Å²) in [6.45, 7) is 1.77. The van der Waals surface area contributed by atoms with Crippen LogP contribution < -0.4 is 26.4 Å². The third-order valence-corrected chi connectivity index (χ3v) is 8.60. The molecule has 0 saturated carbocycles. The number of nitrogens with two attached hydrogens (primary N) is 1. The number of ether oxygens (including phenoxy) is 1. The molecule has 1 saturated heterocycles. The number of piperidine rings is 1. The number of carbonyl (C=O) groups is 2. The number of phenols is 1. The number of hydrogen-bond donors (Lipinski definition) is 6. The second-order valence-corrected chi connectivity index (χ2v) is 11.4. The largest absolute Gasteiger partial charge is 0.506 e. The number of hydrogen-bond acceptors (Lipinski definition) is 8. The summed E-state index contributed by atoms with van der Waals surface area (Å²) in [6, 6.07) is 8.25. The third kappa shape index (κ3) is 6.72. The molecule has 2 aliphatic rings. The van der Waals surface area contributed by atoms with Crippen molar-refractivity contribution in [2.75, 3.05) is 43.4 Å². The van der Waals surface area contributed by atoms with E-state index in [1.54, 1.807) is 6.07 Å². The summed E-state index contributed by atoms with van der Waals surface area (Å²) < 4.78 is 33.1. The second kappa shape index (κ2) is 12.0. The summed E-state index contributed by atoms with van der Waals surface area (Å²) in [5, 5.41) is 28.6. The van der Waals surface area contributed by atoms with Crippen LogP contribution in [0.3, 0.4) is 0 Å². The van der Waals surface area contributed by atoms with Gasteiger partial charge < -0.3 is 36.6 Å². The van der Waals surface area contributed by atoms with Gasteiger partial charge in [0.05, 0.1) is 10.6 Å². The molecule has 38 heavy (non-hydrogen) atoms. The molecule has 1 atom stereocenters. The van der Waals surface area contributed by atoms with E-state index in [1.807, 2.05) is 0 Å². The molecule has 1 fully saturated rings. The van der Waals surface area contributed by atoms with Crippen molar-refractivity contribution in [1.82, 2.24) is 9.62 Å². The van der Waals surface area contributed by atoms with E-state index >= 15 is 0 Å². The number of nitrogens with zero attached hydrogens (tertiary/aromatic N) is 1. The van der Waals surface area contributed by atoms with Crippen LogP contribution in [-0.4, -0.2) is 73.8 Å². The summed E-state index contributed by atoms with van der Waals surface area (Å²) in [6.07, 6.45) is 1.35. The molecule has 12 nitrogen and oxygen atoms in total. The maximum absolute atomic E-state index is 13.0. The molecule has 4 rings (SSSR count). The van der Waals surface area contributed by atoms with Gasteiger partial charge >= 0.3 is 6.03 Å². The van der Waals surface area contributed by atoms with Crippen molar-refractivity contribution in [3.05, 3.63) is 42.0 Å². The van der Waals surface area contributed by atoms with E-state index in [0.29, 0.717) is 74.6 Å². The highest BCUT2D eigenvalue weighted by Crippen LogP contribution is 2.38. The first kappa shape index (κ1) is 27.6. The van der Waals surface area contributed by atoms with Gasteiger partial charge in [-0.25, -0.2) is 13.2 Å². The number of sulfonamides is 1. The lowest BCUT2D eigenvalue weighted by Gasteiger charge is -2.31. The van der Waals surface area contributed by atoms with Gasteiger partial charge in [-0.1, -0.05) is 0 Å². The predicted octanol–water partition coefficient (Wildman–Crippen LogP) is 1.20. The van der Waals surface area contributed by atoms with Crippen LogP contribution in [0.2, 0.25) is 0 Å². The Morgan fingerprint density at radius 1 is 1.16 bits per heavy atom. The minimum atomic E-state index is -3.64. The highest BCUT2D eigenvalue weighted by Gasteiger charge is 2.29. The van der Waals surface area contributed by atoms with E-state index < -0.39 is 22.2 Å². The Balaban J connectivity index is 1.19. The van der Waals surface area contributed by atoms with Crippen LogP contribution >= 0.6 is 0 Å². The summed E-state index contributed by atoms with van der Waals surface area (Å²) >= 11 is 0. The average molecular weight is 548 g/mol. The zero-order valence-corrected chi connectivity index (χ0v) is 21.7. The van der Waals surface area contributed by atoms with Crippen LogP contribution in [0.25, 0.3) is 0 Å². The molecule has 3 amide bonds. The summed E-state index contributed by atoms with van der Waals surface area (Å²) in [7, 11) is -3.64. The van der Waals surface area contributed by atoms with Crippen molar-refractivity contribution < 1.29 is 33.0 Å². The molecular formula is C25H33N5O7S. The van der Waals surface area contributed by atoms with Gasteiger partial charge in [-0.2, -0.15) is 4.31 Å².